The van der Waals surface area contributed by atoms with Gasteiger partial charge in [0.25, 0.3) is 0 Å². The first-order chi connectivity index (χ1) is 8.58. The van der Waals surface area contributed by atoms with E-state index in [-0.39, 0.29) is 18.1 Å². The van der Waals surface area contributed by atoms with Gasteiger partial charge in [0.1, 0.15) is 0 Å². The van der Waals surface area contributed by atoms with Crippen LogP contribution in [0.25, 0.3) is 0 Å². The lowest BCUT2D eigenvalue weighted by Crippen LogP contribution is -2.49. The van der Waals surface area contributed by atoms with Crippen LogP contribution in [0.3, 0.4) is 0 Å². The van der Waals surface area contributed by atoms with Crippen LogP contribution >= 0.6 is 0 Å². The Morgan fingerprint density at radius 1 is 1.47 bits per heavy atom. The van der Waals surface area contributed by atoms with Gasteiger partial charge in [0.15, 0.2) is 5.78 Å². The Morgan fingerprint density at radius 2 is 2.05 bits per heavy atom. The van der Waals surface area contributed by atoms with Crippen molar-refractivity contribution >= 4 is 11.8 Å². The van der Waals surface area contributed by atoms with Crippen LogP contribution in [0.15, 0.2) is 11.6 Å². The fourth-order valence-corrected chi connectivity index (χ4v) is 2.92. The van der Waals surface area contributed by atoms with Crippen molar-refractivity contribution in [3.8, 4) is 0 Å². The summed E-state index contributed by atoms with van der Waals surface area (Å²) in [5, 5.41) is 19.7. The van der Waals surface area contributed by atoms with Crippen LogP contribution in [-0.4, -0.2) is 27.6 Å². The second-order valence-electron chi connectivity index (χ2n) is 6.46. The molecule has 0 aliphatic heterocycles. The molecule has 19 heavy (non-hydrogen) atoms. The molecule has 4 heteroatoms. The number of rotatable bonds is 5. The van der Waals surface area contributed by atoms with Crippen LogP contribution in [-0.2, 0) is 9.59 Å². The minimum Gasteiger partial charge on any atom is -0.481 e. The van der Waals surface area contributed by atoms with Gasteiger partial charge in [0.05, 0.1) is 5.60 Å². The molecule has 0 aromatic rings. The summed E-state index contributed by atoms with van der Waals surface area (Å²) >= 11 is 0. The maximum Gasteiger partial charge on any atom is 0.303 e. The van der Waals surface area contributed by atoms with Crippen molar-refractivity contribution in [2.45, 2.75) is 59.0 Å². The minimum absolute atomic E-state index is 0.0164. The van der Waals surface area contributed by atoms with Crippen LogP contribution in [0.1, 0.15) is 53.4 Å². The number of carboxylic acids is 1. The van der Waals surface area contributed by atoms with Gasteiger partial charge in [-0.05, 0) is 37.3 Å². The van der Waals surface area contributed by atoms with Crippen molar-refractivity contribution in [1.82, 2.24) is 0 Å². The third-order valence-corrected chi connectivity index (χ3v) is 4.29. The maximum absolute atomic E-state index is 11.6. The van der Waals surface area contributed by atoms with Gasteiger partial charge in [-0.2, -0.15) is 0 Å². The monoisotopic (exact) mass is 268 g/mol. The van der Waals surface area contributed by atoms with Crippen molar-refractivity contribution < 1.29 is 19.8 Å². The number of hydrogen-bond donors (Lipinski definition) is 2. The van der Waals surface area contributed by atoms with Gasteiger partial charge in [-0.3, -0.25) is 9.59 Å². The molecule has 0 aromatic carbocycles. The summed E-state index contributed by atoms with van der Waals surface area (Å²) in [6.07, 6.45) is 3.08. The predicted molar refractivity (Wildman–Crippen MR) is 72.8 cm³/mol. The van der Waals surface area contributed by atoms with Crippen molar-refractivity contribution in [2.24, 2.45) is 11.3 Å². The van der Waals surface area contributed by atoms with Crippen molar-refractivity contribution in [3.63, 3.8) is 0 Å². The largest absolute Gasteiger partial charge is 0.481 e. The molecule has 1 aliphatic carbocycles. The first-order valence-corrected chi connectivity index (χ1v) is 6.74. The SMILES string of the molecule is CC1=CC(=O)CC(C)(C)[C@@]1(O)CC[C@@H](C)CC(=O)O. The van der Waals surface area contributed by atoms with E-state index in [1.807, 2.05) is 20.8 Å². The number of carbonyl (C=O) groups excluding carboxylic acids is 1. The first-order valence-electron chi connectivity index (χ1n) is 6.74. The summed E-state index contributed by atoms with van der Waals surface area (Å²) < 4.78 is 0. The molecule has 0 spiro atoms. The lowest BCUT2D eigenvalue weighted by molar-refractivity contribution is -0.138. The minimum atomic E-state index is -1.02. The van der Waals surface area contributed by atoms with E-state index in [1.54, 1.807) is 6.92 Å². The van der Waals surface area contributed by atoms with Crippen LogP contribution in [0.5, 0.6) is 0 Å². The fourth-order valence-electron chi connectivity index (χ4n) is 2.92. The predicted octanol–water partition coefficient (Wildman–Crippen LogP) is 2.55. The number of allylic oxidation sites excluding steroid dienone is 1. The molecule has 0 aromatic heterocycles. The zero-order valence-corrected chi connectivity index (χ0v) is 12.2. The molecule has 2 N–H and O–H groups in total. The molecule has 4 nitrogen and oxygen atoms in total. The summed E-state index contributed by atoms with van der Waals surface area (Å²) in [6, 6.07) is 0. The lowest BCUT2D eigenvalue weighted by Gasteiger charge is -2.46. The second kappa shape index (κ2) is 5.45. The van der Waals surface area contributed by atoms with Gasteiger partial charge in [-0.1, -0.05) is 20.8 Å². The standard InChI is InChI=1S/C15H24O4/c1-10(7-13(17)18)5-6-15(19)11(2)8-12(16)9-14(15,3)4/h8,10,19H,5-7,9H2,1-4H3,(H,17,18)/t10-,15-/m1/s1. The number of aliphatic carboxylic acids is 1. The van der Waals surface area contributed by atoms with Gasteiger partial charge in [0.2, 0.25) is 0 Å². The average Bonchev–Trinajstić information content (AvgIpc) is 2.21. The molecule has 108 valence electrons. The molecule has 0 radical (unpaired) electrons. The third-order valence-electron chi connectivity index (χ3n) is 4.29. The zero-order valence-electron chi connectivity index (χ0n) is 12.2. The van der Waals surface area contributed by atoms with Gasteiger partial charge in [-0.15, -0.1) is 0 Å². The zero-order chi connectivity index (χ0) is 14.8. The van der Waals surface area contributed by atoms with E-state index in [2.05, 4.69) is 0 Å². The first kappa shape index (κ1) is 15.9. The smallest absolute Gasteiger partial charge is 0.303 e. The van der Waals surface area contributed by atoms with E-state index in [0.29, 0.717) is 24.8 Å². The number of carbonyl (C=O) groups is 2. The summed E-state index contributed by atoms with van der Waals surface area (Å²) in [7, 11) is 0. The van der Waals surface area contributed by atoms with Crippen LogP contribution in [0, 0.1) is 11.3 Å². The third kappa shape index (κ3) is 3.44. The topological polar surface area (TPSA) is 74.6 Å². The van der Waals surface area contributed by atoms with Crippen LogP contribution < -0.4 is 0 Å². The number of carboxylic acid groups (broad SMARTS) is 1. The Morgan fingerprint density at radius 3 is 2.53 bits per heavy atom. The van der Waals surface area contributed by atoms with E-state index in [0.717, 1.165) is 0 Å². The number of hydrogen-bond acceptors (Lipinski definition) is 3. The molecule has 0 bridgehead atoms. The van der Waals surface area contributed by atoms with E-state index in [4.69, 9.17) is 5.11 Å². The molecule has 0 saturated carbocycles. The highest BCUT2D eigenvalue weighted by Gasteiger charge is 2.48. The van der Waals surface area contributed by atoms with Crippen molar-refractivity contribution in [3.05, 3.63) is 11.6 Å². The van der Waals surface area contributed by atoms with Crippen molar-refractivity contribution in [2.75, 3.05) is 0 Å². The van der Waals surface area contributed by atoms with E-state index in [9.17, 15) is 14.7 Å². The van der Waals surface area contributed by atoms with Crippen LogP contribution in [0.4, 0.5) is 0 Å². The summed E-state index contributed by atoms with van der Waals surface area (Å²) in [5.74, 6) is -0.752. The molecular formula is C15H24O4. The Bertz CT molecular complexity index is 408. The molecule has 0 amide bonds. The fraction of sp³-hybridized carbons (Fsp3) is 0.733. The molecule has 0 unspecified atom stereocenters. The molecule has 1 aliphatic rings. The van der Waals surface area contributed by atoms with Crippen LogP contribution in [0.2, 0.25) is 0 Å². The molecule has 0 fully saturated rings. The second-order valence-corrected chi connectivity index (χ2v) is 6.46. The molecular weight excluding hydrogens is 244 g/mol. The Hall–Kier alpha value is -1.16. The van der Waals surface area contributed by atoms with E-state index < -0.39 is 17.0 Å². The summed E-state index contributed by atoms with van der Waals surface area (Å²) in [4.78, 5) is 22.3. The molecule has 1 rings (SSSR count). The highest BCUT2D eigenvalue weighted by Crippen LogP contribution is 2.46. The highest BCUT2D eigenvalue weighted by molar-refractivity contribution is 5.92. The van der Waals surface area contributed by atoms with Gasteiger partial charge in [0, 0.05) is 18.3 Å². The van der Waals surface area contributed by atoms with Crippen molar-refractivity contribution in [1.29, 1.82) is 0 Å². The van der Waals surface area contributed by atoms with Gasteiger partial charge in [-0.25, -0.2) is 0 Å². The average molecular weight is 268 g/mol. The van der Waals surface area contributed by atoms with E-state index in [1.165, 1.54) is 6.08 Å². The summed E-state index contributed by atoms with van der Waals surface area (Å²) in [6.45, 7) is 7.44. The Kier molecular flexibility index (Phi) is 4.56. The maximum atomic E-state index is 11.6. The normalized spacial score (nSPS) is 27.8. The Labute approximate surface area is 114 Å². The van der Waals surface area contributed by atoms with Gasteiger partial charge >= 0.3 is 5.97 Å². The Balaban J connectivity index is 2.81. The number of aliphatic hydroxyl groups is 1. The quantitative estimate of drug-likeness (QED) is 0.803. The van der Waals surface area contributed by atoms with Gasteiger partial charge < -0.3 is 10.2 Å². The van der Waals surface area contributed by atoms with E-state index >= 15 is 0 Å². The summed E-state index contributed by atoms with van der Waals surface area (Å²) in [5.41, 5.74) is -0.837. The molecule has 0 saturated heterocycles. The molecule has 2 atom stereocenters. The number of ketones is 1. The molecule has 0 heterocycles. The lowest BCUT2D eigenvalue weighted by atomic mass is 9.62. The highest BCUT2D eigenvalue weighted by atomic mass is 16.4.